The monoisotopic (exact) mass is 460 g/mol. The molecule has 0 unspecified atom stereocenters. The first-order valence-corrected chi connectivity index (χ1v) is 11.7. The van der Waals surface area contributed by atoms with Crippen molar-refractivity contribution in [1.82, 2.24) is 15.1 Å². The second-order valence-corrected chi connectivity index (χ2v) is 8.83. The van der Waals surface area contributed by atoms with E-state index in [1.165, 1.54) is 12.5 Å². The van der Waals surface area contributed by atoms with Crippen LogP contribution in [0.25, 0.3) is 11.1 Å². The zero-order valence-corrected chi connectivity index (χ0v) is 19.8. The SMILES string of the molecule is Cc1ccc(NC(=O)c2ccoc2)cc1-c1ccc(C(=O)NCCCN2CCN(C)CC2)cc1. The number of hydrogen-bond donors (Lipinski definition) is 2. The molecule has 34 heavy (non-hydrogen) atoms. The molecule has 2 amide bonds. The molecule has 0 atom stereocenters. The Morgan fingerprint density at radius 2 is 1.71 bits per heavy atom. The summed E-state index contributed by atoms with van der Waals surface area (Å²) in [6.07, 6.45) is 3.84. The van der Waals surface area contributed by atoms with E-state index >= 15 is 0 Å². The summed E-state index contributed by atoms with van der Waals surface area (Å²) in [4.78, 5) is 29.7. The molecule has 0 bridgehead atoms. The number of benzene rings is 2. The highest BCUT2D eigenvalue weighted by Crippen LogP contribution is 2.27. The highest BCUT2D eigenvalue weighted by Gasteiger charge is 2.14. The van der Waals surface area contributed by atoms with Gasteiger partial charge in [0.2, 0.25) is 0 Å². The van der Waals surface area contributed by atoms with E-state index in [1.54, 1.807) is 6.07 Å². The number of likely N-dealkylation sites (N-methyl/N-ethyl adjacent to an activating group) is 1. The Bertz CT molecular complexity index is 1100. The highest BCUT2D eigenvalue weighted by molar-refractivity contribution is 6.04. The van der Waals surface area contributed by atoms with Crippen molar-refractivity contribution in [3.8, 4) is 11.1 Å². The molecule has 2 heterocycles. The van der Waals surface area contributed by atoms with E-state index < -0.39 is 0 Å². The van der Waals surface area contributed by atoms with Crippen LogP contribution in [-0.4, -0.2) is 67.9 Å². The van der Waals surface area contributed by atoms with Crippen LogP contribution in [0.5, 0.6) is 0 Å². The molecule has 1 saturated heterocycles. The minimum Gasteiger partial charge on any atom is -0.472 e. The van der Waals surface area contributed by atoms with Crippen LogP contribution in [0, 0.1) is 6.92 Å². The van der Waals surface area contributed by atoms with Gasteiger partial charge in [0.15, 0.2) is 0 Å². The van der Waals surface area contributed by atoms with Gasteiger partial charge in [-0.2, -0.15) is 0 Å². The summed E-state index contributed by atoms with van der Waals surface area (Å²) in [5.74, 6) is -0.272. The van der Waals surface area contributed by atoms with E-state index in [0.29, 0.717) is 23.4 Å². The number of furan rings is 1. The number of carbonyl (C=O) groups is 2. The number of nitrogens with zero attached hydrogens (tertiary/aromatic N) is 2. The Morgan fingerprint density at radius 1 is 0.941 bits per heavy atom. The summed E-state index contributed by atoms with van der Waals surface area (Å²) in [7, 11) is 2.15. The fraction of sp³-hybridized carbons (Fsp3) is 0.333. The van der Waals surface area contributed by atoms with Gasteiger partial charge in [-0.05, 0) is 74.0 Å². The maximum atomic E-state index is 12.6. The Balaban J connectivity index is 1.31. The van der Waals surface area contributed by atoms with Gasteiger partial charge >= 0.3 is 0 Å². The molecule has 3 aromatic rings. The van der Waals surface area contributed by atoms with Gasteiger partial charge in [0, 0.05) is 44.0 Å². The van der Waals surface area contributed by atoms with E-state index in [9.17, 15) is 9.59 Å². The van der Waals surface area contributed by atoms with Gasteiger partial charge in [0.25, 0.3) is 11.8 Å². The van der Waals surface area contributed by atoms with Gasteiger partial charge in [-0.25, -0.2) is 0 Å². The lowest BCUT2D eigenvalue weighted by atomic mass is 9.98. The number of hydrogen-bond acceptors (Lipinski definition) is 5. The fourth-order valence-corrected chi connectivity index (χ4v) is 4.09. The van der Waals surface area contributed by atoms with E-state index in [4.69, 9.17) is 4.42 Å². The maximum Gasteiger partial charge on any atom is 0.258 e. The molecule has 0 spiro atoms. The third-order valence-electron chi connectivity index (χ3n) is 6.27. The van der Waals surface area contributed by atoms with Crippen molar-refractivity contribution in [3.05, 3.63) is 77.7 Å². The maximum absolute atomic E-state index is 12.6. The smallest absolute Gasteiger partial charge is 0.258 e. The molecule has 0 aliphatic carbocycles. The van der Waals surface area contributed by atoms with Crippen LogP contribution in [0.15, 0.2) is 65.5 Å². The Morgan fingerprint density at radius 3 is 2.41 bits per heavy atom. The van der Waals surface area contributed by atoms with E-state index in [-0.39, 0.29) is 11.8 Å². The first-order chi connectivity index (χ1) is 16.5. The fourth-order valence-electron chi connectivity index (χ4n) is 4.09. The number of anilines is 1. The van der Waals surface area contributed by atoms with Crippen LogP contribution in [0.1, 0.15) is 32.7 Å². The molecule has 0 saturated carbocycles. The van der Waals surface area contributed by atoms with Crippen LogP contribution < -0.4 is 10.6 Å². The predicted octanol–water partition coefficient (Wildman–Crippen LogP) is 3.87. The summed E-state index contributed by atoms with van der Waals surface area (Å²) in [6.45, 7) is 8.12. The third kappa shape index (κ3) is 6.12. The Hall–Kier alpha value is -3.42. The van der Waals surface area contributed by atoms with Crippen LogP contribution in [0.3, 0.4) is 0 Å². The Labute approximate surface area is 200 Å². The molecule has 1 aliphatic heterocycles. The summed E-state index contributed by atoms with van der Waals surface area (Å²) in [5.41, 5.74) is 4.90. The molecule has 2 N–H and O–H groups in total. The molecule has 1 aromatic heterocycles. The van der Waals surface area contributed by atoms with Crippen molar-refractivity contribution in [3.63, 3.8) is 0 Å². The summed E-state index contributed by atoms with van der Waals surface area (Å²) in [5, 5.41) is 5.93. The standard InChI is InChI=1S/C27H32N4O3/c1-20-4-9-24(29-27(33)23-10-17-34-19-23)18-25(20)21-5-7-22(8-6-21)26(32)28-11-3-12-31-15-13-30(2)14-16-31/h4-10,17-19H,3,11-16H2,1-2H3,(H,28,32)(H,29,33). The molecule has 1 aliphatic rings. The summed E-state index contributed by atoms with van der Waals surface area (Å²) >= 11 is 0. The zero-order chi connectivity index (χ0) is 23.9. The average molecular weight is 461 g/mol. The number of amides is 2. The van der Waals surface area contributed by atoms with Crippen LogP contribution in [-0.2, 0) is 0 Å². The number of aryl methyl sites for hydroxylation is 1. The predicted molar refractivity (Wildman–Crippen MR) is 134 cm³/mol. The van der Waals surface area contributed by atoms with E-state index in [0.717, 1.165) is 55.8 Å². The van der Waals surface area contributed by atoms with Crippen molar-refractivity contribution in [1.29, 1.82) is 0 Å². The van der Waals surface area contributed by atoms with Crippen molar-refractivity contribution in [2.75, 3.05) is 51.6 Å². The van der Waals surface area contributed by atoms with E-state index in [2.05, 4.69) is 27.5 Å². The Kier molecular flexibility index (Phi) is 7.77. The highest BCUT2D eigenvalue weighted by atomic mass is 16.3. The minimum atomic E-state index is -0.219. The summed E-state index contributed by atoms with van der Waals surface area (Å²) < 4.78 is 4.98. The molecule has 4 rings (SSSR count). The molecule has 7 nitrogen and oxygen atoms in total. The lowest BCUT2D eigenvalue weighted by Gasteiger charge is -2.32. The molecule has 2 aromatic carbocycles. The summed E-state index contributed by atoms with van der Waals surface area (Å²) in [6, 6.07) is 15.0. The number of piperazine rings is 1. The molecule has 1 fully saturated rings. The molecular weight excluding hydrogens is 428 g/mol. The lowest BCUT2D eigenvalue weighted by molar-refractivity contribution is 0.0948. The lowest BCUT2D eigenvalue weighted by Crippen LogP contribution is -2.45. The van der Waals surface area contributed by atoms with Gasteiger partial charge in [-0.15, -0.1) is 0 Å². The van der Waals surface area contributed by atoms with Crippen LogP contribution in [0.2, 0.25) is 0 Å². The van der Waals surface area contributed by atoms with Crippen molar-refractivity contribution in [2.45, 2.75) is 13.3 Å². The number of nitrogens with one attached hydrogen (secondary N) is 2. The first-order valence-electron chi connectivity index (χ1n) is 11.7. The van der Waals surface area contributed by atoms with Gasteiger partial charge in [0.1, 0.15) is 6.26 Å². The number of carbonyl (C=O) groups excluding carboxylic acids is 2. The van der Waals surface area contributed by atoms with Gasteiger partial charge in [-0.3, -0.25) is 9.59 Å². The van der Waals surface area contributed by atoms with Gasteiger partial charge < -0.3 is 24.9 Å². The van der Waals surface area contributed by atoms with Crippen LogP contribution >= 0.6 is 0 Å². The quantitative estimate of drug-likeness (QED) is 0.499. The van der Waals surface area contributed by atoms with E-state index in [1.807, 2.05) is 49.4 Å². The zero-order valence-electron chi connectivity index (χ0n) is 19.8. The average Bonchev–Trinajstić information content (AvgIpc) is 3.39. The minimum absolute atomic E-state index is 0.0530. The van der Waals surface area contributed by atoms with Gasteiger partial charge in [-0.1, -0.05) is 18.2 Å². The molecular formula is C27H32N4O3. The van der Waals surface area contributed by atoms with Crippen molar-refractivity contribution >= 4 is 17.5 Å². The van der Waals surface area contributed by atoms with Crippen molar-refractivity contribution in [2.24, 2.45) is 0 Å². The van der Waals surface area contributed by atoms with Crippen LogP contribution in [0.4, 0.5) is 5.69 Å². The largest absolute Gasteiger partial charge is 0.472 e. The third-order valence-corrected chi connectivity index (χ3v) is 6.27. The molecule has 178 valence electrons. The normalized spacial score (nSPS) is 14.6. The molecule has 0 radical (unpaired) electrons. The molecule has 7 heteroatoms. The van der Waals surface area contributed by atoms with Crippen molar-refractivity contribution < 1.29 is 14.0 Å². The second-order valence-electron chi connectivity index (χ2n) is 8.83. The topological polar surface area (TPSA) is 77.8 Å². The first kappa shape index (κ1) is 23.7. The number of rotatable bonds is 8. The second kappa shape index (κ2) is 11.1. The van der Waals surface area contributed by atoms with Gasteiger partial charge in [0.05, 0.1) is 11.8 Å².